The first-order chi connectivity index (χ1) is 10.7. The van der Waals surface area contributed by atoms with Crippen LogP contribution in [0.3, 0.4) is 0 Å². The van der Waals surface area contributed by atoms with E-state index in [0.717, 1.165) is 0 Å². The van der Waals surface area contributed by atoms with Gasteiger partial charge in [0.05, 0.1) is 18.9 Å². The number of oxime groups is 1. The van der Waals surface area contributed by atoms with Crippen molar-refractivity contribution in [3.05, 3.63) is 0 Å². The van der Waals surface area contributed by atoms with Crippen molar-refractivity contribution in [2.24, 2.45) is 5.16 Å². The minimum absolute atomic E-state index is 0.0434. The second kappa shape index (κ2) is 8.14. The number of nitrogens with zero attached hydrogens (tertiary/aromatic N) is 1. The zero-order valence-electron chi connectivity index (χ0n) is 14.4. The summed E-state index contributed by atoms with van der Waals surface area (Å²) in [6, 6.07) is 0. The third kappa shape index (κ3) is 6.05. The van der Waals surface area contributed by atoms with Crippen LogP contribution in [0.25, 0.3) is 0 Å². The summed E-state index contributed by atoms with van der Waals surface area (Å²) in [5.41, 5.74) is -1.35. The number of hydrogen-bond donors (Lipinski definition) is 1. The molecule has 0 fully saturated rings. The smallest absolute Gasteiger partial charge is 0.407 e. The third-order valence-corrected chi connectivity index (χ3v) is 2.86. The molecule has 1 heterocycles. The number of ether oxygens (including phenoxy) is 3. The highest BCUT2D eigenvalue weighted by atomic mass is 16.7. The van der Waals surface area contributed by atoms with Gasteiger partial charge in [0.15, 0.2) is 0 Å². The molecule has 8 nitrogen and oxygen atoms in total. The summed E-state index contributed by atoms with van der Waals surface area (Å²) in [5, 5.41) is 6.46. The van der Waals surface area contributed by atoms with Gasteiger partial charge in [-0.2, -0.15) is 0 Å². The van der Waals surface area contributed by atoms with Gasteiger partial charge in [0.25, 0.3) is 5.60 Å². The number of amides is 1. The van der Waals surface area contributed by atoms with Gasteiger partial charge in [-0.3, -0.25) is 0 Å². The van der Waals surface area contributed by atoms with Crippen molar-refractivity contribution in [2.75, 3.05) is 26.4 Å². The van der Waals surface area contributed by atoms with Crippen LogP contribution < -0.4 is 5.32 Å². The zero-order valence-corrected chi connectivity index (χ0v) is 14.4. The minimum Gasteiger partial charge on any atom is -0.463 e. The van der Waals surface area contributed by atoms with Crippen molar-refractivity contribution in [2.45, 2.75) is 52.2 Å². The van der Waals surface area contributed by atoms with E-state index in [1.807, 2.05) is 6.92 Å². The van der Waals surface area contributed by atoms with Crippen LogP contribution in [0, 0.1) is 0 Å². The van der Waals surface area contributed by atoms with Crippen LogP contribution in [-0.4, -0.2) is 55.3 Å². The van der Waals surface area contributed by atoms with Crippen LogP contribution in [0.4, 0.5) is 4.79 Å². The van der Waals surface area contributed by atoms with Gasteiger partial charge >= 0.3 is 12.1 Å². The normalized spacial score (nSPS) is 20.5. The molecule has 132 valence electrons. The molecule has 8 heteroatoms. The maximum Gasteiger partial charge on any atom is 0.407 e. The molecule has 0 aromatic carbocycles. The number of nitrogens with one attached hydrogen (secondary N) is 1. The first-order valence-corrected chi connectivity index (χ1v) is 7.68. The number of rotatable bonds is 7. The maximum absolute atomic E-state index is 12.1. The van der Waals surface area contributed by atoms with Crippen molar-refractivity contribution >= 4 is 17.8 Å². The molecule has 1 aliphatic rings. The SMILES string of the molecule is CCOCC1(C(=O)OCC)CC(CNC(=O)OC(C)(C)C)=NO1. The molecule has 0 saturated carbocycles. The Hall–Kier alpha value is -1.83. The van der Waals surface area contributed by atoms with Gasteiger partial charge in [-0.15, -0.1) is 0 Å². The Kier molecular flexibility index (Phi) is 6.80. The van der Waals surface area contributed by atoms with Gasteiger partial charge in [-0.05, 0) is 34.6 Å². The summed E-state index contributed by atoms with van der Waals surface area (Å²) in [6.45, 7) is 9.71. The zero-order chi connectivity index (χ0) is 17.5. The molecule has 0 radical (unpaired) electrons. The van der Waals surface area contributed by atoms with Crippen LogP contribution in [0.2, 0.25) is 0 Å². The predicted octanol–water partition coefficient (Wildman–Crippen LogP) is 1.63. The summed E-state index contributed by atoms with van der Waals surface area (Å²) in [6.07, 6.45) is -0.361. The predicted molar refractivity (Wildman–Crippen MR) is 83.2 cm³/mol. The summed E-state index contributed by atoms with van der Waals surface area (Å²) in [5.74, 6) is -0.524. The average molecular weight is 330 g/mol. The van der Waals surface area contributed by atoms with Gasteiger partial charge in [-0.1, -0.05) is 5.16 Å². The lowest BCUT2D eigenvalue weighted by Crippen LogP contribution is -2.46. The van der Waals surface area contributed by atoms with Crippen molar-refractivity contribution in [3.8, 4) is 0 Å². The second-order valence-electron chi connectivity index (χ2n) is 6.13. The van der Waals surface area contributed by atoms with E-state index >= 15 is 0 Å². The molecule has 0 aromatic rings. The standard InChI is InChI=1S/C15H26N2O6/c1-6-20-10-15(12(18)21-7-2)8-11(17-23-15)9-16-13(19)22-14(3,4)5/h6-10H2,1-5H3,(H,16,19). The fraction of sp³-hybridized carbons (Fsp3) is 0.800. The highest BCUT2D eigenvalue weighted by Gasteiger charge is 2.48. The lowest BCUT2D eigenvalue weighted by Gasteiger charge is -2.23. The number of esters is 1. The van der Waals surface area contributed by atoms with E-state index in [1.165, 1.54) is 0 Å². The minimum atomic E-state index is -1.28. The second-order valence-corrected chi connectivity index (χ2v) is 6.13. The van der Waals surface area contributed by atoms with E-state index in [0.29, 0.717) is 12.3 Å². The molecule has 1 aliphatic heterocycles. The van der Waals surface area contributed by atoms with E-state index in [9.17, 15) is 9.59 Å². The fourth-order valence-electron chi connectivity index (χ4n) is 1.90. The first-order valence-electron chi connectivity index (χ1n) is 7.68. The molecular formula is C15H26N2O6. The summed E-state index contributed by atoms with van der Waals surface area (Å²) in [7, 11) is 0. The van der Waals surface area contributed by atoms with Crippen LogP contribution in [0.15, 0.2) is 5.16 Å². The molecule has 23 heavy (non-hydrogen) atoms. The van der Waals surface area contributed by atoms with E-state index in [4.69, 9.17) is 19.0 Å². The van der Waals surface area contributed by atoms with Crippen LogP contribution in [0.1, 0.15) is 41.0 Å². The molecule has 0 spiro atoms. The molecule has 0 bridgehead atoms. The van der Waals surface area contributed by atoms with Crippen LogP contribution in [-0.2, 0) is 23.8 Å². The quantitative estimate of drug-likeness (QED) is 0.713. The van der Waals surface area contributed by atoms with Crippen molar-refractivity contribution < 1.29 is 28.6 Å². The van der Waals surface area contributed by atoms with E-state index in [2.05, 4.69) is 10.5 Å². The van der Waals surface area contributed by atoms with Gasteiger partial charge < -0.3 is 24.4 Å². The topological polar surface area (TPSA) is 95.5 Å². The highest BCUT2D eigenvalue weighted by Crippen LogP contribution is 2.26. The Morgan fingerprint density at radius 1 is 1.30 bits per heavy atom. The van der Waals surface area contributed by atoms with E-state index in [1.54, 1.807) is 27.7 Å². The van der Waals surface area contributed by atoms with E-state index in [-0.39, 0.29) is 26.2 Å². The molecule has 0 aromatic heterocycles. The molecule has 1 amide bonds. The van der Waals surface area contributed by atoms with Crippen molar-refractivity contribution in [1.29, 1.82) is 0 Å². The summed E-state index contributed by atoms with van der Waals surface area (Å²) >= 11 is 0. The summed E-state index contributed by atoms with van der Waals surface area (Å²) in [4.78, 5) is 29.1. The summed E-state index contributed by atoms with van der Waals surface area (Å²) < 4.78 is 15.5. The lowest BCUT2D eigenvalue weighted by molar-refractivity contribution is -0.176. The Labute approximate surface area is 136 Å². The Morgan fingerprint density at radius 2 is 2.00 bits per heavy atom. The largest absolute Gasteiger partial charge is 0.463 e. The number of carbonyl (C=O) groups excluding carboxylic acids is 2. The number of alkyl carbamates (subject to hydrolysis) is 1. The average Bonchev–Trinajstić information content (AvgIpc) is 2.86. The monoisotopic (exact) mass is 330 g/mol. The molecule has 1 N–H and O–H groups in total. The molecule has 0 aliphatic carbocycles. The first kappa shape index (κ1) is 19.2. The Balaban J connectivity index is 2.57. The van der Waals surface area contributed by atoms with Crippen LogP contribution >= 0.6 is 0 Å². The van der Waals surface area contributed by atoms with E-state index < -0.39 is 23.3 Å². The Bertz CT molecular complexity index is 457. The van der Waals surface area contributed by atoms with Gasteiger partial charge in [0.2, 0.25) is 0 Å². The molecule has 1 rings (SSSR count). The van der Waals surface area contributed by atoms with Crippen molar-refractivity contribution in [3.63, 3.8) is 0 Å². The number of hydrogen-bond acceptors (Lipinski definition) is 7. The van der Waals surface area contributed by atoms with Crippen LogP contribution in [0.5, 0.6) is 0 Å². The van der Waals surface area contributed by atoms with Gasteiger partial charge in [-0.25, -0.2) is 9.59 Å². The van der Waals surface area contributed by atoms with Gasteiger partial charge in [0, 0.05) is 13.0 Å². The third-order valence-electron chi connectivity index (χ3n) is 2.86. The molecule has 1 atom stereocenters. The van der Waals surface area contributed by atoms with Gasteiger partial charge in [0.1, 0.15) is 12.2 Å². The highest BCUT2D eigenvalue weighted by molar-refractivity contribution is 5.96. The van der Waals surface area contributed by atoms with Crippen molar-refractivity contribution in [1.82, 2.24) is 5.32 Å². The lowest BCUT2D eigenvalue weighted by atomic mass is 9.98. The molecular weight excluding hydrogens is 304 g/mol. The molecule has 1 unspecified atom stereocenters. The fourth-order valence-corrected chi connectivity index (χ4v) is 1.90. The molecule has 0 saturated heterocycles. The maximum atomic E-state index is 12.1. The number of carbonyl (C=O) groups is 2. The Morgan fingerprint density at radius 3 is 2.57 bits per heavy atom.